The maximum Gasteiger partial charge on any atom is 0.326 e. The Kier molecular flexibility index (Phi) is 12.2. The fourth-order valence-corrected chi connectivity index (χ4v) is 3.33. The monoisotopic (exact) mass is 478 g/mol. The molecule has 0 saturated heterocycles. The van der Waals surface area contributed by atoms with Gasteiger partial charge in [-0.3, -0.25) is 14.4 Å². The minimum absolute atomic E-state index is 0.0410. The molecular formula is C24H38N4O6. The molecule has 0 radical (unpaired) electrons. The van der Waals surface area contributed by atoms with Crippen LogP contribution in [0.15, 0.2) is 30.3 Å². The molecule has 1 aromatic carbocycles. The lowest BCUT2D eigenvalue weighted by Crippen LogP contribution is -2.59. The number of amides is 3. The van der Waals surface area contributed by atoms with Crippen molar-refractivity contribution in [1.82, 2.24) is 16.0 Å². The van der Waals surface area contributed by atoms with E-state index in [1.165, 1.54) is 0 Å². The Hall–Kier alpha value is -2.98. The summed E-state index contributed by atoms with van der Waals surface area (Å²) in [6.07, 6.45) is 0.926. The van der Waals surface area contributed by atoms with E-state index in [1.807, 2.05) is 26.8 Å². The molecule has 0 aliphatic rings. The van der Waals surface area contributed by atoms with Gasteiger partial charge in [0.25, 0.3) is 0 Å². The van der Waals surface area contributed by atoms with Gasteiger partial charge in [0, 0.05) is 6.42 Å². The quantitative estimate of drug-likeness (QED) is 0.221. The van der Waals surface area contributed by atoms with Crippen LogP contribution in [-0.2, 0) is 25.6 Å². The van der Waals surface area contributed by atoms with Crippen molar-refractivity contribution in [1.29, 1.82) is 0 Å². The molecule has 3 amide bonds. The first kappa shape index (κ1) is 29.1. The predicted molar refractivity (Wildman–Crippen MR) is 128 cm³/mol. The van der Waals surface area contributed by atoms with Crippen molar-refractivity contribution < 1.29 is 29.4 Å². The van der Waals surface area contributed by atoms with Crippen LogP contribution >= 0.6 is 0 Å². The summed E-state index contributed by atoms with van der Waals surface area (Å²) in [6, 6.07) is 4.64. The molecule has 10 nitrogen and oxygen atoms in total. The highest BCUT2D eigenvalue weighted by molar-refractivity contribution is 5.94. The Balaban J connectivity index is 3.10. The van der Waals surface area contributed by atoms with Gasteiger partial charge in [0.05, 0.1) is 6.61 Å². The maximum absolute atomic E-state index is 13.2. The van der Waals surface area contributed by atoms with Crippen LogP contribution in [0, 0.1) is 11.8 Å². The van der Waals surface area contributed by atoms with Crippen molar-refractivity contribution in [3.05, 3.63) is 35.9 Å². The lowest BCUT2D eigenvalue weighted by Gasteiger charge is -2.28. The molecule has 1 rings (SSSR count). The molecule has 1 aromatic rings. The second-order valence-electron chi connectivity index (χ2n) is 8.94. The molecule has 5 unspecified atom stereocenters. The van der Waals surface area contributed by atoms with Gasteiger partial charge in [0.15, 0.2) is 0 Å². The third kappa shape index (κ3) is 9.48. The first-order valence-corrected chi connectivity index (χ1v) is 11.5. The summed E-state index contributed by atoms with van der Waals surface area (Å²) in [6.45, 7) is 6.74. The van der Waals surface area contributed by atoms with Crippen molar-refractivity contribution in [2.45, 2.75) is 71.1 Å². The van der Waals surface area contributed by atoms with Gasteiger partial charge in [0.1, 0.15) is 24.2 Å². The van der Waals surface area contributed by atoms with Gasteiger partial charge in [-0.25, -0.2) is 4.79 Å². The van der Waals surface area contributed by atoms with E-state index < -0.39 is 54.5 Å². The number of carboxylic acid groups (broad SMARTS) is 1. The minimum Gasteiger partial charge on any atom is -0.480 e. The molecule has 0 aromatic heterocycles. The molecule has 10 heteroatoms. The summed E-state index contributed by atoms with van der Waals surface area (Å²) in [5, 5.41) is 26.4. The average molecular weight is 479 g/mol. The lowest BCUT2D eigenvalue weighted by atomic mass is 9.96. The SMILES string of the molecule is CCC(C)C(NC(=O)C(Cc1ccccc1)NC(=O)C(N)CO)C(=O)NC(CC(C)C)C(=O)O. The number of hydrogen-bond acceptors (Lipinski definition) is 6. The van der Waals surface area contributed by atoms with Crippen molar-refractivity contribution in [2.75, 3.05) is 6.61 Å². The number of hydrogen-bond donors (Lipinski definition) is 6. The number of aliphatic hydroxyl groups excluding tert-OH is 1. The molecule has 7 N–H and O–H groups in total. The number of benzene rings is 1. The first-order chi connectivity index (χ1) is 16.0. The van der Waals surface area contributed by atoms with Gasteiger partial charge >= 0.3 is 5.97 Å². The fraction of sp³-hybridized carbons (Fsp3) is 0.583. The van der Waals surface area contributed by atoms with E-state index in [-0.39, 0.29) is 24.7 Å². The Morgan fingerprint density at radius 1 is 0.912 bits per heavy atom. The Labute approximate surface area is 200 Å². The molecule has 0 saturated carbocycles. The van der Waals surface area contributed by atoms with Crippen LogP contribution < -0.4 is 21.7 Å². The average Bonchev–Trinajstić information content (AvgIpc) is 2.80. The van der Waals surface area contributed by atoms with E-state index in [0.717, 1.165) is 5.56 Å². The van der Waals surface area contributed by atoms with Crippen molar-refractivity contribution in [3.8, 4) is 0 Å². The molecule has 5 atom stereocenters. The van der Waals surface area contributed by atoms with Gasteiger partial charge < -0.3 is 31.9 Å². The summed E-state index contributed by atoms with van der Waals surface area (Å²) >= 11 is 0. The highest BCUT2D eigenvalue weighted by Crippen LogP contribution is 2.12. The number of aliphatic hydroxyl groups is 1. The number of carboxylic acids is 1. The standard InChI is InChI=1S/C24H38N4O6/c1-5-15(4)20(23(32)27-19(24(33)34)11-14(2)3)28-22(31)18(26-21(30)17(25)13-29)12-16-9-7-6-8-10-16/h6-10,14-15,17-20,29H,5,11-13,25H2,1-4H3,(H,26,30)(H,27,32)(H,28,31)(H,33,34). The van der Waals surface area contributed by atoms with Crippen molar-refractivity contribution >= 4 is 23.7 Å². The number of nitrogens with two attached hydrogens (primary N) is 1. The number of carbonyl (C=O) groups excluding carboxylic acids is 3. The summed E-state index contributed by atoms with van der Waals surface area (Å²) in [5.74, 6) is -3.33. The summed E-state index contributed by atoms with van der Waals surface area (Å²) in [4.78, 5) is 50.1. The second kappa shape index (κ2) is 14.3. The van der Waals surface area contributed by atoms with Crippen molar-refractivity contribution in [3.63, 3.8) is 0 Å². The van der Waals surface area contributed by atoms with E-state index in [9.17, 15) is 29.4 Å². The zero-order chi connectivity index (χ0) is 25.8. The highest BCUT2D eigenvalue weighted by Gasteiger charge is 2.33. The summed E-state index contributed by atoms with van der Waals surface area (Å²) in [5.41, 5.74) is 6.36. The number of aliphatic carboxylic acids is 1. The molecule has 0 aliphatic carbocycles. The van der Waals surface area contributed by atoms with Crippen LogP contribution in [-0.4, -0.2) is 64.7 Å². The van der Waals surface area contributed by atoms with Gasteiger partial charge in [-0.15, -0.1) is 0 Å². The third-order valence-corrected chi connectivity index (χ3v) is 5.56. The number of carbonyl (C=O) groups is 4. The lowest BCUT2D eigenvalue weighted by molar-refractivity contribution is -0.143. The van der Waals surface area contributed by atoms with Gasteiger partial charge in [-0.05, 0) is 23.8 Å². The largest absolute Gasteiger partial charge is 0.480 e. The summed E-state index contributed by atoms with van der Waals surface area (Å²) in [7, 11) is 0. The molecule has 190 valence electrons. The number of nitrogens with one attached hydrogen (secondary N) is 3. The molecule has 0 fully saturated rings. The normalized spacial score (nSPS) is 15.5. The zero-order valence-corrected chi connectivity index (χ0v) is 20.3. The Morgan fingerprint density at radius 2 is 1.50 bits per heavy atom. The first-order valence-electron chi connectivity index (χ1n) is 11.5. The Bertz CT molecular complexity index is 817. The fourth-order valence-electron chi connectivity index (χ4n) is 3.33. The van der Waals surface area contributed by atoms with Crippen molar-refractivity contribution in [2.24, 2.45) is 17.6 Å². The van der Waals surface area contributed by atoms with Crippen LogP contribution in [0.4, 0.5) is 0 Å². The van der Waals surface area contributed by atoms with E-state index in [1.54, 1.807) is 31.2 Å². The minimum atomic E-state index is -1.20. The predicted octanol–water partition coefficient (Wildman–Crippen LogP) is 0.180. The molecule has 0 spiro atoms. The van der Waals surface area contributed by atoms with Gasteiger partial charge in [-0.2, -0.15) is 0 Å². The van der Waals surface area contributed by atoms with Gasteiger partial charge in [0.2, 0.25) is 17.7 Å². The molecular weight excluding hydrogens is 440 g/mol. The molecule has 0 heterocycles. The van der Waals surface area contributed by atoms with Crippen LogP contribution in [0.3, 0.4) is 0 Å². The molecule has 0 bridgehead atoms. The van der Waals surface area contributed by atoms with E-state index in [4.69, 9.17) is 5.73 Å². The van der Waals surface area contributed by atoms with Crippen LogP contribution in [0.1, 0.15) is 46.1 Å². The highest BCUT2D eigenvalue weighted by atomic mass is 16.4. The van der Waals surface area contributed by atoms with Crippen LogP contribution in [0.25, 0.3) is 0 Å². The smallest absolute Gasteiger partial charge is 0.326 e. The Morgan fingerprint density at radius 3 is 2.00 bits per heavy atom. The topological polar surface area (TPSA) is 171 Å². The molecule has 34 heavy (non-hydrogen) atoms. The van der Waals surface area contributed by atoms with E-state index in [2.05, 4.69) is 16.0 Å². The maximum atomic E-state index is 13.2. The summed E-state index contributed by atoms with van der Waals surface area (Å²) < 4.78 is 0. The zero-order valence-electron chi connectivity index (χ0n) is 20.3. The third-order valence-electron chi connectivity index (χ3n) is 5.56. The van der Waals surface area contributed by atoms with Crippen LogP contribution in [0.2, 0.25) is 0 Å². The van der Waals surface area contributed by atoms with Crippen LogP contribution in [0.5, 0.6) is 0 Å². The molecule has 0 aliphatic heterocycles. The van der Waals surface area contributed by atoms with E-state index >= 15 is 0 Å². The van der Waals surface area contributed by atoms with E-state index in [0.29, 0.717) is 6.42 Å². The number of rotatable bonds is 14. The van der Waals surface area contributed by atoms with Gasteiger partial charge in [-0.1, -0.05) is 64.4 Å². The second-order valence-corrected chi connectivity index (χ2v) is 8.94.